The second kappa shape index (κ2) is 10.9. The van der Waals surface area contributed by atoms with Crippen LogP contribution in [0.4, 0.5) is 0 Å². The van der Waals surface area contributed by atoms with Gasteiger partial charge >= 0.3 is 11.9 Å². The van der Waals surface area contributed by atoms with E-state index in [1.54, 1.807) is 6.92 Å². The second-order valence-electron chi connectivity index (χ2n) is 3.36. The van der Waals surface area contributed by atoms with E-state index in [1.165, 1.54) is 6.92 Å². The van der Waals surface area contributed by atoms with Crippen molar-refractivity contribution in [2.24, 2.45) is 0 Å². The highest BCUT2D eigenvalue weighted by Crippen LogP contribution is 1.90. The molecule has 0 rings (SSSR count). The number of hydrogen-bond donors (Lipinski definition) is 2. The molecule has 0 amide bonds. The lowest BCUT2D eigenvalue weighted by molar-refractivity contribution is -0.138. The van der Waals surface area contributed by atoms with Gasteiger partial charge in [0.2, 0.25) is 0 Å². The van der Waals surface area contributed by atoms with Crippen molar-refractivity contribution < 1.29 is 19.4 Å². The van der Waals surface area contributed by atoms with E-state index < -0.39 is 5.97 Å². The number of carbonyl (C=O) groups is 2. The Hall–Kier alpha value is -1.62. The van der Waals surface area contributed by atoms with Gasteiger partial charge in [0.05, 0.1) is 0 Å². The molecule has 0 aromatic rings. The highest BCUT2D eigenvalue weighted by Gasteiger charge is 2.00. The van der Waals surface area contributed by atoms with E-state index in [2.05, 4.69) is 18.5 Å². The first-order valence-corrected chi connectivity index (χ1v) is 5.25. The van der Waals surface area contributed by atoms with Crippen LogP contribution in [0.25, 0.3) is 0 Å². The number of nitrogens with one attached hydrogen (secondary N) is 1. The molecule has 2 N–H and O–H groups in total. The van der Waals surface area contributed by atoms with Gasteiger partial charge in [-0.15, -0.1) is 0 Å². The van der Waals surface area contributed by atoms with Gasteiger partial charge in [-0.2, -0.15) is 0 Å². The van der Waals surface area contributed by atoms with Crippen LogP contribution in [-0.4, -0.2) is 36.7 Å². The number of likely N-dealkylation sites (N-methyl/N-ethyl adjacent to an activating group) is 1. The van der Waals surface area contributed by atoms with Crippen LogP contribution in [0, 0.1) is 0 Å². The normalized spacial score (nSPS) is 8.65. The van der Waals surface area contributed by atoms with Crippen molar-refractivity contribution in [3.63, 3.8) is 0 Å². The lowest BCUT2D eigenvalue weighted by Gasteiger charge is -2.03. The first-order valence-electron chi connectivity index (χ1n) is 5.25. The monoisotopic (exact) mass is 243 g/mol. The zero-order valence-corrected chi connectivity index (χ0v) is 10.7. The largest absolute Gasteiger partial charge is 0.478 e. The van der Waals surface area contributed by atoms with Crippen LogP contribution < -0.4 is 5.32 Å². The third-order valence-electron chi connectivity index (χ3n) is 1.48. The van der Waals surface area contributed by atoms with Gasteiger partial charge in [-0.05, 0) is 20.4 Å². The molecule has 0 atom stereocenters. The van der Waals surface area contributed by atoms with E-state index in [1.807, 2.05) is 6.92 Å². The number of esters is 1. The van der Waals surface area contributed by atoms with Crippen molar-refractivity contribution in [3.05, 3.63) is 24.3 Å². The maximum atomic E-state index is 10.8. The summed E-state index contributed by atoms with van der Waals surface area (Å²) in [6.07, 6.45) is 0. The van der Waals surface area contributed by atoms with Crippen molar-refractivity contribution in [1.82, 2.24) is 5.32 Å². The SMILES string of the molecule is C=C(C)C(=O)O.C=C(C)C(=O)OCCNCC. The first kappa shape index (κ1) is 17.8. The van der Waals surface area contributed by atoms with Gasteiger partial charge in [0.25, 0.3) is 0 Å². The van der Waals surface area contributed by atoms with Crippen LogP contribution in [0.2, 0.25) is 0 Å². The number of hydrogen-bond acceptors (Lipinski definition) is 4. The summed E-state index contributed by atoms with van der Waals surface area (Å²) >= 11 is 0. The molecule has 0 aliphatic heterocycles. The molecule has 0 saturated carbocycles. The Morgan fingerprint density at radius 2 is 1.71 bits per heavy atom. The fourth-order valence-corrected chi connectivity index (χ4v) is 0.516. The predicted molar refractivity (Wildman–Crippen MR) is 66.8 cm³/mol. The highest BCUT2D eigenvalue weighted by atomic mass is 16.5. The number of carboxylic acid groups (broad SMARTS) is 1. The van der Waals surface area contributed by atoms with Crippen LogP contribution in [0.1, 0.15) is 20.8 Å². The molecule has 17 heavy (non-hydrogen) atoms. The van der Waals surface area contributed by atoms with Crippen molar-refractivity contribution in [3.8, 4) is 0 Å². The Morgan fingerprint density at radius 3 is 2.00 bits per heavy atom. The molecule has 0 radical (unpaired) electrons. The molecule has 0 aliphatic carbocycles. The number of carboxylic acids is 1. The average molecular weight is 243 g/mol. The Bertz CT molecular complexity index is 272. The fourth-order valence-electron chi connectivity index (χ4n) is 0.516. The van der Waals surface area contributed by atoms with E-state index >= 15 is 0 Å². The molecule has 98 valence electrons. The van der Waals surface area contributed by atoms with E-state index in [4.69, 9.17) is 9.84 Å². The predicted octanol–water partition coefficient (Wildman–Crippen LogP) is 1.36. The van der Waals surface area contributed by atoms with Gasteiger partial charge in [-0.1, -0.05) is 20.1 Å². The Labute approximate surface area is 102 Å². The Morgan fingerprint density at radius 1 is 1.24 bits per heavy atom. The number of carbonyl (C=O) groups excluding carboxylic acids is 1. The average Bonchev–Trinajstić information content (AvgIpc) is 2.24. The lowest BCUT2D eigenvalue weighted by atomic mass is 10.4. The van der Waals surface area contributed by atoms with Crippen molar-refractivity contribution >= 4 is 11.9 Å². The summed E-state index contributed by atoms with van der Waals surface area (Å²) in [5.74, 6) is -1.25. The smallest absolute Gasteiger partial charge is 0.333 e. The quantitative estimate of drug-likeness (QED) is 0.418. The molecular weight excluding hydrogens is 222 g/mol. The number of rotatable bonds is 6. The number of ether oxygens (including phenoxy) is 1. The molecule has 0 fully saturated rings. The maximum Gasteiger partial charge on any atom is 0.333 e. The van der Waals surface area contributed by atoms with Crippen molar-refractivity contribution in [2.45, 2.75) is 20.8 Å². The van der Waals surface area contributed by atoms with E-state index in [9.17, 15) is 9.59 Å². The summed E-state index contributed by atoms with van der Waals surface area (Å²) in [4.78, 5) is 20.4. The van der Waals surface area contributed by atoms with E-state index in [-0.39, 0.29) is 11.5 Å². The zero-order valence-electron chi connectivity index (χ0n) is 10.7. The van der Waals surface area contributed by atoms with Crippen LogP contribution in [0.15, 0.2) is 24.3 Å². The summed E-state index contributed by atoms with van der Waals surface area (Å²) in [7, 11) is 0. The highest BCUT2D eigenvalue weighted by molar-refractivity contribution is 5.86. The molecule has 0 spiro atoms. The van der Waals surface area contributed by atoms with Gasteiger partial charge in [0.1, 0.15) is 6.61 Å². The molecule has 0 aromatic heterocycles. The summed E-state index contributed by atoms with van der Waals surface area (Å²) in [5.41, 5.74) is 0.622. The fraction of sp³-hybridized carbons (Fsp3) is 0.500. The van der Waals surface area contributed by atoms with E-state index in [0.717, 1.165) is 6.54 Å². The zero-order chi connectivity index (χ0) is 13.8. The summed E-state index contributed by atoms with van der Waals surface area (Å²) in [6.45, 7) is 13.7. The topological polar surface area (TPSA) is 75.6 Å². The summed E-state index contributed by atoms with van der Waals surface area (Å²) in [5, 5.41) is 10.9. The van der Waals surface area contributed by atoms with Crippen LogP contribution >= 0.6 is 0 Å². The Balaban J connectivity index is 0. The van der Waals surface area contributed by atoms with Crippen LogP contribution in [0.5, 0.6) is 0 Å². The van der Waals surface area contributed by atoms with Gasteiger partial charge < -0.3 is 15.2 Å². The lowest BCUT2D eigenvalue weighted by Crippen LogP contribution is -2.20. The van der Waals surface area contributed by atoms with Crippen LogP contribution in [-0.2, 0) is 14.3 Å². The van der Waals surface area contributed by atoms with E-state index in [0.29, 0.717) is 18.7 Å². The maximum absolute atomic E-state index is 10.8. The summed E-state index contributed by atoms with van der Waals surface area (Å²) in [6, 6.07) is 0. The molecule has 0 unspecified atom stereocenters. The van der Waals surface area contributed by atoms with Crippen molar-refractivity contribution in [2.75, 3.05) is 19.7 Å². The minimum Gasteiger partial charge on any atom is -0.478 e. The van der Waals surface area contributed by atoms with Gasteiger partial charge in [0.15, 0.2) is 0 Å². The molecule has 0 bridgehead atoms. The van der Waals surface area contributed by atoms with Gasteiger partial charge in [-0.3, -0.25) is 0 Å². The molecule has 5 heteroatoms. The minimum absolute atomic E-state index is 0.176. The first-order chi connectivity index (χ1) is 7.82. The third-order valence-corrected chi connectivity index (χ3v) is 1.48. The standard InChI is InChI=1S/C8H15NO2.C4H6O2/c1-4-9-5-6-11-8(10)7(2)3;1-3(2)4(5)6/h9H,2,4-6H2,1,3H3;1H2,2H3,(H,5,6). The molecule has 0 aliphatic rings. The van der Waals surface area contributed by atoms with Gasteiger partial charge in [0, 0.05) is 17.7 Å². The molecule has 0 saturated heterocycles. The van der Waals surface area contributed by atoms with Crippen LogP contribution in [0.3, 0.4) is 0 Å². The minimum atomic E-state index is -0.935. The van der Waals surface area contributed by atoms with Crippen molar-refractivity contribution in [1.29, 1.82) is 0 Å². The molecule has 0 aromatic carbocycles. The third kappa shape index (κ3) is 14.4. The summed E-state index contributed by atoms with van der Waals surface area (Å²) < 4.78 is 4.80. The number of aliphatic carboxylic acids is 1. The van der Waals surface area contributed by atoms with Gasteiger partial charge in [-0.25, -0.2) is 9.59 Å². The second-order valence-corrected chi connectivity index (χ2v) is 3.36. The molecule has 5 nitrogen and oxygen atoms in total. The Kier molecular flexibility index (Phi) is 11.4. The molecule has 0 heterocycles. The molecular formula is C12H21NO4.